The van der Waals surface area contributed by atoms with Gasteiger partial charge in [-0.05, 0) is 36.8 Å². The third-order valence-electron chi connectivity index (χ3n) is 4.05. The standard InChI is InChI=1S/C20H22N2O2/c1-3-24-18-9-10-19-17(13-18)11-12-22(19)15-20(23)21(2)14-16-7-5-4-6-8-16/h4-13H,3,14-15H2,1-2H3. The number of rotatable bonds is 6. The highest BCUT2D eigenvalue weighted by atomic mass is 16.5. The molecule has 0 aliphatic carbocycles. The van der Waals surface area contributed by atoms with E-state index in [0.717, 1.165) is 22.2 Å². The monoisotopic (exact) mass is 322 g/mol. The van der Waals surface area contributed by atoms with E-state index >= 15 is 0 Å². The van der Waals surface area contributed by atoms with Gasteiger partial charge < -0.3 is 14.2 Å². The first kappa shape index (κ1) is 16.1. The number of fused-ring (bicyclic) bond motifs is 1. The Bertz CT molecular complexity index is 824. The molecule has 3 rings (SSSR count). The Kier molecular flexibility index (Phi) is 4.85. The summed E-state index contributed by atoms with van der Waals surface area (Å²) in [5.74, 6) is 0.945. The molecule has 1 aromatic heterocycles. The lowest BCUT2D eigenvalue weighted by Crippen LogP contribution is -2.29. The number of amides is 1. The molecule has 0 aliphatic rings. The van der Waals surface area contributed by atoms with Gasteiger partial charge in [-0.2, -0.15) is 0 Å². The molecule has 1 amide bonds. The second-order valence-electron chi connectivity index (χ2n) is 5.83. The van der Waals surface area contributed by atoms with Gasteiger partial charge in [-0.25, -0.2) is 0 Å². The summed E-state index contributed by atoms with van der Waals surface area (Å²) in [7, 11) is 1.84. The number of aromatic nitrogens is 1. The van der Waals surface area contributed by atoms with Crippen LogP contribution in [0.5, 0.6) is 5.75 Å². The first-order valence-corrected chi connectivity index (χ1v) is 8.17. The van der Waals surface area contributed by atoms with Crippen molar-refractivity contribution in [1.82, 2.24) is 9.47 Å². The first-order chi connectivity index (χ1) is 11.7. The summed E-state index contributed by atoms with van der Waals surface area (Å²) >= 11 is 0. The molecule has 0 bridgehead atoms. The van der Waals surface area contributed by atoms with Gasteiger partial charge in [0.25, 0.3) is 0 Å². The summed E-state index contributed by atoms with van der Waals surface area (Å²) in [6.07, 6.45) is 1.95. The number of ether oxygens (including phenoxy) is 1. The minimum atomic E-state index is 0.0882. The fourth-order valence-electron chi connectivity index (χ4n) is 2.78. The van der Waals surface area contributed by atoms with Gasteiger partial charge in [-0.3, -0.25) is 4.79 Å². The molecule has 0 radical (unpaired) electrons. The summed E-state index contributed by atoms with van der Waals surface area (Å²) in [4.78, 5) is 14.3. The Morgan fingerprint density at radius 1 is 1.12 bits per heavy atom. The highest BCUT2D eigenvalue weighted by Gasteiger charge is 2.12. The summed E-state index contributed by atoms with van der Waals surface area (Å²) in [6, 6.07) is 18.0. The molecule has 0 aliphatic heterocycles. The first-order valence-electron chi connectivity index (χ1n) is 8.17. The highest BCUT2D eigenvalue weighted by Crippen LogP contribution is 2.22. The normalized spacial score (nSPS) is 10.8. The van der Waals surface area contributed by atoms with E-state index in [9.17, 15) is 4.79 Å². The van der Waals surface area contributed by atoms with E-state index in [2.05, 4.69) is 0 Å². The van der Waals surface area contributed by atoms with Crippen LogP contribution >= 0.6 is 0 Å². The van der Waals surface area contributed by atoms with E-state index in [4.69, 9.17) is 4.74 Å². The van der Waals surface area contributed by atoms with Crippen LogP contribution in [0.4, 0.5) is 0 Å². The van der Waals surface area contributed by atoms with Crippen LogP contribution in [0.2, 0.25) is 0 Å². The third kappa shape index (κ3) is 3.59. The van der Waals surface area contributed by atoms with Crippen molar-refractivity contribution in [2.75, 3.05) is 13.7 Å². The summed E-state index contributed by atoms with van der Waals surface area (Å²) in [5, 5.41) is 1.08. The van der Waals surface area contributed by atoms with Crippen LogP contribution < -0.4 is 4.74 Å². The maximum atomic E-state index is 12.5. The zero-order chi connectivity index (χ0) is 16.9. The van der Waals surface area contributed by atoms with Crippen molar-refractivity contribution < 1.29 is 9.53 Å². The van der Waals surface area contributed by atoms with Crippen LogP contribution in [-0.4, -0.2) is 29.0 Å². The lowest BCUT2D eigenvalue weighted by atomic mass is 10.2. The summed E-state index contributed by atoms with van der Waals surface area (Å²) < 4.78 is 7.51. The van der Waals surface area contributed by atoms with Crippen LogP contribution in [0.1, 0.15) is 12.5 Å². The molecule has 3 aromatic rings. The van der Waals surface area contributed by atoms with Crippen molar-refractivity contribution in [3.8, 4) is 5.75 Å². The number of hydrogen-bond donors (Lipinski definition) is 0. The van der Waals surface area contributed by atoms with Gasteiger partial charge in [0.15, 0.2) is 0 Å². The average Bonchev–Trinajstić information content (AvgIpc) is 2.98. The third-order valence-corrected chi connectivity index (χ3v) is 4.05. The molecule has 0 saturated carbocycles. The van der Waals surface area contributed by atoms with Gasteiger partial charge in [-0.15, -0.1) is 0 Å². The zero-order valence-corrected chi connectivity index (χ0v) is 14.1. The van der Waals surface area contributed by atoms with E-state index in [1.807, 2.05) is 79.3 Å². The molecule has 0 spiro atoms. The molecule has 124 valence electrons. The summed E-state index contributed by atoms with van der Waals surface area (Å²) in [6.45, 7) is 3.57. The van der Waals surface area contributed by atoms with E-state index in [0.29, 0.717) is 19.7 Å². The Morgan fingerprint density at radius 2 is 1.92 bits per heavy atom. The van der Waals surface area contributed by atoms with Crippen molar-refractivity contribution in [2.45, 2.75) is 20.0 Å². The molecule has 4 heteroatoms. The Hall–Kier alpha value is -2.75. The Morgan fingerprint density at radius 3 is 2.67 bits per heavy atom. The summed E-state index contributed by atoms with van der Waals surface area (Å²) in [5.41, 5.74) is 2.17. The highest BCUT2D eigenvalue weighted by molar-refractivity contribution is 5.84. The minimum Gasteiger partial charge on any atom is -0.494 e. The fourth-order valence-corrected chi connectivity index (χ4v) is 2.78. The quantitative estimate of drug-likeness (QED) is 0.693. The van der Waals surface area contributed by atoms with Crippen molar-refractivity contribution in [2.24, 2.45) is 0 Å². The van der Waals surface area contributed by atoms with Gasteiger partial charge in [0, 0.05) is 30.7 Å². The number of nitrogens with zero attached hydrogens (tertiary/aromatic N) is 2. The zero-order valence-electron chi connectivity index (χ0n) is 14.1. The number of carbonyl (C=O) groups excluding carboxylic acids is 1. The molecule has 0 unspecified atom stereocenters. The lowest BCUT2D eigenvalue weighted by Gasteiger charge is -2.18. The molecule has 0 saturated heterocycles. The van der Waals surface area contributed by atoms with E-state index in [1.165, 1.54) is 0 Å². The smallest absolute Gasteiger partial charge is 0.242 e. The predicted molar refractivity (Wildman–Crippen MR) is 96.0 cm³/mol. The molecule has 24 heavy (non-hydrogen) atoms. The topological polar surface area (TPSA) is 34.5 Å². The van der Waals surface area contributed by atoms with Gasteiger partial charge >= 0.3 is 0 Å². The Balaban J connectivity index is 1.71. The predicted octanol–water partition coefficient (Wildman–Crippen LogP) is 3.70. The van der Waals surface area contributed by atoms with Gasteiger partial charge in [0.05, 0.1) is 6.61 Å². The maximum absolute atomic E-state index is 12.5. The molecule has 2 aromatic carbocycles. The Labute approximate surface area is 142 Å². The molecule has 0 N–H and O–H groups in total. The SMILES string of the molecule is CCOc1ccc2c(ccn2CC(=O)N(C)Cc2ccccc2)c1. The number of hydrogen-bond acceptors (Lipinski definition) is 2. The molecule has 0 atom stereocenters. The average molecular weight is 322 g/mol. The van der Waals surface area contributed by atoms with Crippen LogP contribution in [0, 0.1) is 0 Å². The molecular weight excluding hydrogens is 300 g/mol. The van der Waals surface area contributed by atoms with Crippen molar-refractivity contribution in [3.63, 3.8) is 0 Å². The fraction of sp³-hybridized carbons (Fsp3) is 0.250. The van der Waals surface area contributed by atoms with Crippen molar-refractivity contribution in [3.05, 3.63) is 66.4 Å². The van der Waals surface area contributed by atoms with Crippen molar-refractivity contribution >= 4 is 16.8 Å². The van der Waals surface area contributed by atoms with Crippen LogP contribution in [-0.2, 0) is 17.9 Å². The largest absolute Gasteiger partial charge is 0.494 e. The van der Waals surface area contributed by atoms with Gasteiger partial charge in [-0.1, -0.05) is 30.3 Å². The maximum Gasteiger partial charge on any atom is 0.242 e. The molecular formula is C20H22N2O2. The van der Waals surface area contributed by atoms with Gasteiger partial charge in [0.1, 0.15) is 12.3 Å². The van der Waals surface area contributed by atoms with Crippen LogP contribution in [0.15, 0.2) is 60.8 Å². The van der Waals surface area contributed by atoms with Gasteiger partial charge in [0.2, 0.25) is 5.91 Å². The lowest BCUT2D eigenvalue weighted by molar-refractivity contribution is -0.131. The van der Waals surface area contributed by atoms with E-state index in [-0.39, 0.29) is 5.91 Å². The van der Waals surface area contributed by atoms with Crippen LogP contribution in [0.3, 0.4) is 0 Å². The number of benzene rings is 2. The molecule has 4 nitrogen and oxygen atoms in total. The molecule has 1 heterocycles. The van der Waals surface area contributed by atoms with E-state index in [1.54, 1.807) is 4.90 Å². The number of carbonyl (C=O) groups is 1. The second-order valence-corrected chi connectivity index (χ2v) is 5.83. The van der Waals surface area contributed by atoms with Crippen molar-refractivity contribution in [1.29, 1.82) is 0 Å². The molecule has 0 fully saturated rings. The minimum absolute atomic E-state index is 0.0882. The second kappa shape index (κ2) is 7.21. The number of likely N-dealkylation sites (N-methyl/N-ethyl adjacent to an activating group) is 1. The van der Waals surface area contributed by atoms with Crippen LogP contribution in [0.25, 0.3) is 10.9 Å². The van der Waals surface area contributed by atoms with E-state index < -0.39 is 0 Å².